The van der Waals surface area contributed by atoms with E-state index in [1.54, 1.807) is 0 Å². The summed E-state index contributed by atoms with van der Waals surface area (Å²) in [6.07, 6.45) is 2.78. The van der Waals surface area contributed by atoms with E-state index < -0.39 is 5.54 Å². The van der Waals surface area contributed by atoms with Crippen LogP contribution in [0.3, 0.4) is 0 Å². The van der Waals surface area contributed by atoms with Gasteiger partial charge in [0.15, 0.2) is 0 Å². The molecule has 2 aromatic rings. The molecule has 0 bridgehead atoms. The maximum Gasteiger partial charge on any atom is 0.236 e. The molecule has 1 aliphatic rings. The van der Waals surface area contributed by atoms with Crippen molar-refractivity contribution in [1.29, 1.82) is 0 Å². The van der Waals surface area contributed by atoms with E-state index in [1.807, 2.05) is 42.2 Å². The van der Waals surface area contributed by atoms with Crippen molar-refractivity contribution in [3.63, 3.8) is 0 Å². The van der Waals surface area contributed by atoms with Crippen molar-refractivity contribution in [2.24, 2.45) is 5.73 Å². The molecule has 3 rings (SSSR count). The average Bonchev–Trinajstić information content (AvgIpc) is 3.15. The van der Waals surface area contributed by atoms with Crippen LogP contribution in [0.15, 0.2) is 34.7 Å². The minimum atomic E-state index is -0.712. The van der Waals surface area contributed by atoms with Crippen LogP contribution in [0.2, 0.25) is 0 Å². The van der Waals surface area contributed by atoms with Gasteiger partial charge in [0.2, 0.25) is 17.7 Å². The molecule has 1 amide bonds. The summed E-state index contributed by atoms with van der Waals surface area (Å²) in [6.45, 7) is 3.34. The molecule has 6 heteroatoms. The first kappa shape index (κ1) is 15.7. The molecule has 1 aliphatic heterocycles. The van der Waals surface area contributed by atoms with Gasteiger partial charge in [-0.1, -0.05) is 30.3 Å². The minimum absolute atomic E-state index is 0.206. The Morgan fingerprint density at radius 2 is 2.09 bits per heavy atom. The molecular weight excluding hydrogens is 292 g/mol. The van der Waals surface area contributed by atoms with Crippen LogP contribution in [-0.4, -0.2) is 34.1 Å². The van der Waals surface area contributed by atoms with Gasteiger partial charge in [-0.15, -0.1) is 10.2 Å². The van der Waals surface area contributed by atoms with Gasteiger partial charge in [0.05, 0.1) is 5.54 Å². The fraction of sp³-hybridized carbons (Fsp3) is 0.471. The molecule has 0 aliphatic carbocycles. The third kappa shape index (κ3) is 3.76. The van der Waals surface area contributed by atoms with Crippen LogP contribution in [-0.2, 0) is 23.2 Å². The Morgan fingerprint density at radius 3 is 2.78 bits per heavy atom. The van der Waals surface area contributed by atoms with Gasteiger partial charge in [0.25, 0.3) is 0 Å². The lowest BCUT2D eigenvalue weighted by Crippen LogP contribution is -2.35. The quantitative estimate of drug-likeness (QED) is 0.876. The highest BCUT2D eigenvalue weighted by molar-refractivity contribution is 5.78. The second-order valence-electron chi connectivity index (χ2n) is 6.32. The van der Waals surface area contributed by atoms with Crippen molar-refractivity contribution >= 4 is 5.91 Å². The third-order valence-corrected chi connectivity index (χ3v) is 4.14. The molecule has 6 nitrogen and oxygen atoms in total. The van der Waals surface area contributed by atoms with Crippen LogP contribution in [0.25, 0.3) is 0 Å². The Balaban J connectivity index is 1.62. The lowest BCUT2D eigenvalue weighted by molar-refractivity contribution is -0.127. The molecule has 0 radical (unpaired) electrons. The number of benzene rings is 1. The topological polar surface area (TPSA) is 85.2 Å². The molecule has 2 N–H and O–H groups in total. The lowest BCUT2D eigenvalue weighted by atomic mass is 9.94. The fourth-order valence-corrected chi connectivity index (χ4v) is 2.85. The standard InChI is InChI=1S/C17H22N4O2/c1-17(18,12-13-6-3-2-4-7-13)16-20-19-14(23-16)9-11-21-10-5-8-15(21)22/h2-4,6-7H,5,8-12,18H2,1H3/t17-/m1/s1. The van der Waals surface area contributed by atoms with Crippen molar-refractivity contribution in [2.45, 2.75) is 38.1 Å². The molecule has 1 fully saturated rings. The van der Waals surface area contributed by atoms with E-state index in [-0.39, 0.29) is 5.91 Å². The Morgan fingerprint density at radius 1 is 1.30 bits per heavy atom. The van der Waals surface area contributed by atoms with Gasteiger partial charge in [0.1, 0.15) is 0 Å². The van der Waals surface area contributed by atoms with Gasteiger partial charge in [-0.25, -0.2) is 0 Å². The summed E-state index contributed by atoms with van der Waals surface area (Å²) in [6, 6.07) is 10.00. The molecular formula is C17H22N4O2. The monoisotopic (exact) mass is 314 g/mol. The van der Waals surface area contributed by atoms with Crippen molar-refractivity contribution in [2.75, 3.05) is 13.1 Å². The maximum absolute atomic E-state index is 11.6. The number of hydrogen-bond acceptors (Lipinski definition) is 5. The molecule has 0 saturated carbocycles. The molecule has 2 heterocycles. The summed E-state index contributed by atoms with van der Waals surface area (Å²) >= 11 is 0. The number of likely N-dealkylation sites (tertiary alicyclic amines) is 1. The summed E-state index contributed by atoms with van der Waals surface area (Å²) in [7, 11) is 0. The first-order chi connectivity index (χ1) is 11.0. The number of aromatic nitrogens is 2. The van der Waals surface area contributed by atoms with E-state index in [4.69, 9.17) is 10.2 Å². The van der Waals surface area contributed by atoms with Crippen molar-refractivity contribution in [3.05, 3.63) is 47.7 Å². The average molecular weight is 314 g/mol. The maximum atomic E-state index is 11.6. The number of amides is 1. The van der Waals surface area contributed by atoms with E-state index in [0.29, 0.717) is 37.6 Å². The van der Waals surface area contributed by atoms with Crippen LogP contribution in [0, 0.1) is 0 Å². The normalized spacial score (nSPS) is 17.5. The Hall–Kier alpha value is -2.21. The van der Waals surface area contributed by atoms with Gasteiger partial charge in [-0.05, 0) is 25.3 Å². The number of rotatable bonds is 6. The summed E-state index contributed by atoms with van der Waals surface area (Å²) in [5.74, 6) is 1.17. The van der Waals surface area contributed by atoms with E-state index >= 15 is 0 Å². The number of hydrogen-bond donors (Lipinski definition) is 1. The summed E-state index contributed by atoms with van der Waals surface area (Å²) < 4.78 is 5.73. The molecule has 122 valence electrons. The predicted octanol–water partition coefficient (Wildman–Crippen LogP) is 1.65. The number of nitrogens with zero attached hydrogens (tertiary/aromatic N) is 3. The molecule has 23 heavy (non-hydrogen) atoms. The number of nitrogens with two attached hydrogens (primary N) is 1. The zero-order valence-corrected chi connectivity index (χ0v) is 13.4. The predicted molar refractivity (Wildman–Crippen MR) is 85.5 cm³/mol. The van der Waals surface area contributed by atoms with Gasteiger partial charge >= 0.3 is 0 Å². The van der Waals surface area contributed by atoms with Crippen molar-refractivity contribution < 1.29 is 9.21 Å². The Bertz CT molecular complexity index is 666. The van der Waals surface area contributed by atoms with Gasteiger partial charge in [-0.2, -0.15) is 0 Å². The van der Waals surface area contributed by atoms with Crippen LogP contribution in [0.5, 0.6) is 0 Å². The first-order valence-electron chi connectivity index (χ1n) is 7.98. The van der Waals surface area contributed by atoms with Gasteiger partial charge in [-0.3, -0.25) is 4.79 Å². The van der Waals surface area contributed by atoms with Crippen LogP contribution in [0.1, 0.15) is 37.1 Å². The molecule has 1 aromatic heterocycles. The largest absolute Gasteiger partial charge is 0.423 e. The summed E-state index contributed by atoms with van der Waals surface area (Å²) in [5.41, 5.74) is 6.78. The molecule has 1 saturated heterocycles. The highest BCUT2D eigenvalue weighted by atomic mass is 16.4. The van der Waals surface area contributed by atoms with Crippen molar-refractivity contribution in [3.8, 4) is 0 Å². The second kappa shape index (κ2) is 6.50. The smallest absolute Gasteiger partial charge is 0.236 e. The number of carbonyl (C=O) groups excluding carboxylic acids is 1. The second-order valence-corrected chi connectivity index (χ2v) is 6.32. The van der Waals surface area contributed by atoms with Gasteiger partial charge < -0.3 is 15.1 Å². The first-order valence-corrected chi connectivity index (χ1v) is 7.98. The fourth-order valence-electron chi connectivity index (χ4n) is 2.85. The Kier molecular flexibility index (Phi) is 4.43. The van der Waals surface area contributed by atoms with Crippen LogP contribution in [0.4, 0.5) is 0 Å². The molecule has 1 aromatic carbocycles. The van der Waals surface area contributed by atoms with E-state index in [2.05, 4.69) is 10.2 Å². The van der Waals surface area contributed by atoms with Crippen molar-refractivity contribution in [1.82, 2.24) is 15.1 Å². The van der Waals surface area contributed by atoms with Gasteiger partial charge in [0, 0.05) is 25.9 Å². The zero-order chi connectivity index (χ0) is 16.3. The zero-order valence-electron chi connectivity index (χ0n) is 13.4. The van der Waals surface area contributed by atoms with E-state index in [9.17, 15) is 4.79 Å². The Labute approximate surface area is 135 Å². The van der Waals surface area contributed by atoms with E-state index in [1.165, 1.54) is 0 Å². The lowest BCUT2D eigenvalue weighted by Gasteiger charge is -2.20. The van der Waals surface area contributed by atoms with Crippen LogP contribution < -0.4 is 5.73 Å². The van der Waals surface area contributed by atoms with E-state index in [0.717, 1.165) is 18.5 Å². The molecule has 0 unspecified atom stereocenters. The van der Waals surface area contributed by atoms with Crippen LogP contribution >= 0.6 is 0 Å². The summed E-state index contributed by atoms with van der Waals surface area (Å²) in [5, 5.41) is 8.18. The SMILES string of the molecule is C[C@@](N)(Cc1ccccc1)c1nnc(CCN2CCCC2=O)o1. The highest BCUT2D eigenvalue weighted by Crippen LogP contribution is 2.22. The highest BCUT2D eigenvalue weighted by Gasteiger charge is 2.29. The molecule has 0 spiro atoms. The summed E-state index contributed by atoms with van der Waals surface area (Å²) in [4.78, 5) is 13.4. The molecule has 1 atom stereocenters. The number of carbonyl (C=O) groups is 1. The third-order valence-electron chi connectivity index (χ3n) is 4.14. The minimum Gasteiger partial charge on any atom is -0.423 e.